The zero-order valence-corrected chi connectivity index (χ0v) is 14.9. The standard InChI is InChI=1S/C16H23N5OS/c1-11-10-18-15(17-5)20-14(11)19-12-7-6-8-13(9-12)21-23(22)16(2,3)4/h6-10,21H,1-5H3,(H2,17,18,19,20). The van der Waals surface area contributed by atoms with Crippen LogP contribution in [0.4, 0.5) is 23.1 Å². The van der Waals surface area contributed by atoms with E-state index in [1.165, 1.54) is 0 Å². The van der Waals surface area contributed by atoms with Gasteiger partial charge in [0.05, 0.1) is 4.75 Å². The summed E-state index contributed by atoms with van der Waals surface area (Å²) in [5.41, 5.74) is 2.61. The van der Waals surface area contributed by atoms with Crippen molar-refractivity contribution in [1.82, 2.24) is 9.97 Å². The summed E-state index contributed by atoms with van der Waals surface area (Å²) in [6, 6.07) is 7.64. The van der Waals surface area contributed by atoms with Gasteiger partial charge in [0, 0.05) is 30.2 Å². The van der Waals surface area contributed by atoms with Gasteiger partial charge in [-0.2, -0.15) is 4.98 Å². The number of hydrogen-bond donors (Lipinski definition) is 3. The highest BCUT2D eigenvalue weighted by Gasteiger charge is 2.19. The molecule has 1 atom stereocenters. The molecule has 6 nitrogen and oxygen atoms in total. The second-order valence-corrected chi connectivity index (χ2v) is 8.13. The average molecular weight is 333 g/mol. The van der Waals surface area contributed by atoms with Gasteiger partial charge in [0.2, 0.25) is 5.95 Å². The van der Waals surface area contributed by atoms with E-state index in [0.717, 1.165) is 22.8 Å². The molecule has 0 radical (unpaired) electrons. The number of rotatable bonds is 5. The van der Waals surface area contributed by atoms with Gasteiger partial charge in [0.1, 0.15) is 16.8 Å². The van der Waals surface area contributed by atoms with Crippen LogP contribution in [-0.2, 0) is 11.0 Å². The molecule has 1 unspecified atom stereocenters. The second-order valence-electron chi connectivity index (χ2n) is 6.16. The highest BCUT2D eigenvalue weighted by Crippen LogP contribution is 2.23. The fourth-order valence-electron chi connectivity index (χ4n) is 1.75. The molecule has 0 saturated carbocycles. The number of aromatic nitrogens is 2. The third-order valence-corrected chi connectivity index (χ3v) is 4.62. The monoisotopic (exact) mass is 333 g/mol. The third kappa shape index (κ3) is 4.66. The summed E-state index contributed by atoms with van der Waals surface area (Å²) in [7, 11) is 0.613. The van der Waals surface area contributed by atoms with Crippen LogP contribution in [0.25, 0.3) is 0 Å². The Morgan fingerprint density at radius 3 is 2.52 bits per heavy atom. The van der Waals surface area contributed by atoms with Crippen LogP contribution in [0.3, 0.4) is 0 Å². The van der Waals surface area contributed by atoms with E-state index in [1.807, 2.05) is 52.0 Å². The van der Waals surface area contributed by atoms with Crippen molar-refractivity contribution in [3.63, 3.8) is 0 Å². The zero-order chi connectivity index (χ0) is 17.0. The molecule has 0 amide bonds. The lowest BCUT2D eigenvalue weighted by Crippen LogP contribution is -2.27. The molecule has 0 aliphatic heterocycles. The van der Waals surface area contributed by atoms with Gasteiger partial charge in [0.25, 0.3) is 0 Å². The van der Waals surface area contributed by atoms with E-state index in [0.29, 0.717) is 5.95 Å². The van der Waals surface area contributed by atoms with Crippen LogP contribution < -0.4 is 15.4 Å². The van der Waals surface area contributed by atoms with Gasteiger partial charge in [-0.05, 0) is 45.9 Å². The lowest BCUT2D eigenvalue weighted by Gasteiger charge is -2.19. The van der Waals surface area contributed by atoms with Crippen molar-refractivity contribution in [3.05, 3.63) is 36.0 Å². The topological polar surface area (TPSA) is 78.9 Å². The Labute approximate surface area is 139 Å². The molecule has 2 rings (SSSR count). The Morgan fingerprint density at radius 1 is 1.17 bits per heavy atom. The van der Waals surface area contributed by atoms with Crippen LogP contribution in [0.15, 0.2) is 30.5 Å². The number of nitrogens with one attached hydrogen (secondary N) is 3. The predicted octanol–water partition coefficient (Wildman–Crippen LogP) is 3.44. The Morgan fingerprint density at radius 2 is 1.87 bits per heavy atom. The van der Waals surface area contributed by atoms with Crippen molar-refractivity contribution in [3.8, 4) is 0 Å². The van der Waals surface area contributed by atoms with E-state index in [1.54, 1.807) is 13.2 Å². The van der Waals surface area contributed by atoms with E-state index in [9.17, 15) is 4.21 Å². The normalized spacial score (nSPS) is 12.6. The van der Waals surface area contributed by atoms with E-state index in [-0.39, 0.29) is 4.75 Å². The third-order valence-electron chi connectivity index (χ3n) is 3.09. The number of benzene rings is 1. The number of hydrogen-bond acceptors (Lipinski definition) is 5. The van der Waals surface area contributed by atoms with Gasteiger partial charge in [-0.25, -0.2) is 9.19 Å². The van der Waals surface area contributed by atoms with E-state index in [4.69, 9.17) is 0 Å². The summed E-state index contributed by atoms with van der Waals surface area (Å²) in [6.07, 6.45) is 1.76. The van der Waals surface area contributed by atoms with Gasteiger partial charge in [0.15, 0.2) is 0 Å². The molecule has 0 fully saturated rings. The van der Waals surface area contributed by atoms with E-state index < -0.39 is 11.0 Å². The predicted molar refractivity (Wildman–Crippen MR) is 97.6 cm³/mol. The van der Waals surface area contributed by atoms with Crippen molar-refractivity contribution in [2.45, 2.75) is 32.4 Å². The molecule has 23 heavy (non-hydrogen) atoms. The first-order chi connectivity index (χ1) is 10.8. The van der Waals surface area contributed by atoms with Crippen molar-refractivity contribution in [1.29, 1.82) is 0 Å². The lowest BCUT2D eigenvalue weighted by atomic mass is 10.2. The van der Waals surface area contributed by atoms with Crippen LogP contribution in [0.5, 0.6) is 0 Å². The van der Waals surface area contributed by atoms with Crippen molar-refractivity contribution < 1.29 is 4.21 Å². The van der Waals surface area contributed by atoms with Gasteiger partial charge < -0.3 is 15.4 Å². The Bertz CT molecular complexity index is 712. The molecule has 1 aromatic heterocycles. The Hall–Kier alpha value is -2.15. The van der Waals surface area contributed by atoms with Gasteiger partial charge >= 0.3 is 0 Å². The van der Waals surface area contributed by atoms with Crippen LogP contribution in [-0.4, -0.2) is 26.0 Å². The van der Waals surface area contributed by atoms with E-state index in [2.05, 4.69) is 25.3 Å². The molecule has 1 aromatic carbocycles. The molecule has 7 heteroatoms. The number of aryl methyl sites for hydroxylation is 1. The minimum atomic E-state index is -1.17. The van der Waals surface area contributed by atoms with Gasteiger partial charge in [-0.15, -0.1) is 0 Å². The maximum Gasteiger partial charge on any atom is 0.224 e. The maximum atomic E-state index is 12.2. The molecule has 0 spiro atoms. The van der Waals surface area contributed by atoms with Crippen molar-refractivity contribution in [2.24, 2.45) is 0 Å². The molecular weight excluding hydrogens is 310 g/mol. The minimum Gasteiger partial charge on any atom is -0.357 e. The summed E-state index contributed by atoms with van der Waals surface area (Å²) >= 11 is 0. The first-order valence-electron chi connectivity index (χ1n) is 7.36. The van der Waals surface area contributed by atoms with Crippen LogP contribution in [0.2, 0.25) is 0 Å². The first kappa shape index (κ1) is 17.2. The molecule has 3 N–H and O–H groups in total. The summed E-state index contributed by atoms with van der Waals surface area (Å²) in [5.74, 6) is 1.29. The van der Waals surface area contributed by atoms with Crippen molar-refractivity contribution in [2.75, 3.05) is 22.4 Å². The first-order valence-corrected chi connectivity index (χ1v) is 8.51. The fraction of sp³-hybridized carbons (Fsp3) is 0.375. The average Bonchev–Trinajstić information content (AvgIpc) is 2.49. The molecule has 1 heterocycles. The highest BCUT2D eigenvalue weighted by molar-refractivity contribution is 7.87. The molecule has 0 bridgehead atoms. The number of anilines is 4. The van der Waals surface area contributed by atoms with Crippen LogP contribution in [0, 0.1) is 6.92 Å². The minimum absolute atomic E-state index is 0.325. The number of nitrogens with zero attached hydrogens (tertiary/aromatic N) is 2. The van der Waals surface area contributed by atoms with Crippen molar-refractivity contribution >= 4 is 34.1 Å². The Kier molecular flexibility index (Phi) is 5.20. The largest absolute Gasteiger partial charge is 0.357 e. The molecule has 0 aliphatic carbocycles. The zero-order valence-electron chi connectivity index (χ0n) is 14.1. The summed E-state index contributed by atoms with van der Waals surface area (Å²) < 4.78 is 14.9. The highest BCUT2D eigenvalue weighted by atomic mass is 32.2. The fourth-order valence-corrected chi connectivity index (χ4v) is 2.39. The van der Waals surface area contributed by atoms with Gasteiger partial charge in [-0.3, -0.25) is 0 Å². The SMILES string of the molecule is CNc1ncc(C)c(Nc2cccc(NS(=O)C(C)(C)C)c2)n1. The van der Waals surface area contributed by atoms with E-state index >= 15 is 0 Å². The summed E-state index contributed by atoms with van der Waals surface area (Å²) in [5, 5.41) is 6.19. The Balaban J connectivity index is 2.19. The summed E-state index contributed by atoms with van der Waals surface area (Å²) in [6.45, 7) is 7.74. The lowest BCUT2D eigenvalue weighted by molar-refractivity contribution is 0.653. The quantitative estimate of drug-likeness (QED) is 0.781. The molecule has 124 valence electrons. The van der Waals surface area contributed by atoms with Gasteiger partial charge in [-0.1, -0.05) is 6.07 Å². The molecule has 0 saturated heterocycles. The molecular formula is C16H23N5OS. The van der Waals surface area contributed by atoms with Crippen LogP contribution in [0.1, 0.15) is 26.3 Å². The molecule has 0 aliphatic rings. The second kappa shape index (κ2) is 6.95. The van der Waals surface area contributed by atoms with Crippen LogP contribution >= 0.6 is 0 Å². The summed E-state index contributed by atoms with van der Waals surface area (Å²) in [4.78, 5) is 8.57. The maximum absolute atomic E-state index is 12.2. The molecule has 2 aromatic rings. The smallest absolute Gasteiger partial charge is 0.224 e.